The minimum atomic E-state index is -3.29. The Morgan fingerprint density at radius 3 is 2.44 bits per heavy atom. The van der Waals surface area contributed by atoms with Crippen molar-refractivity contribution in [2.24, 2.45) is 0 Å². The lowest BCUT2D eigenvalue weighted by molar-refractivity contribution is 0.0598. The predicted octanol–water partition coefficient (Wildman–Crippen LogP) is 2.93. The molecule has 2 aliphatic rings. The topological polar surface area (TPSA) is 111 Å². The summed E-state index contributed by atoms with van der Waals surface area (Å²) in [7, 11) is -2.01. The van der Waals surface area contributed by atoms with Crippen molar-refractivity contribution in [2.45, 2.75) is 32.4 Å². The Morgan fingerprint density at radius 2 is 1.82 bits per heavy atom. The van der Waals surface area contributed by atoms with Crippen LogP contribution < -0.4 is 5.43 Å². The van der Waals surface area contributed by atoms with Crippen LogP contribution >= 0.6 is 0 Å². The van der Waals surface area contributed by atoms with E-state index in [9.17, 15) is 22.8 Å². The average Bonchev–Trinajstić information content (AvgIpc) is 3.30. The van der Waals surface area contributed by atoms with Crippen molar-refractivity contribution in [2.75, 3.05) is 18.6 Å². The summed E-state index contributed by atoms with van der Waals surface area (Å²) in [6, 6.07) is 8.63. The summed E-state index contributed by atoms with van der Waals surface area (Å²) < 4.78 is 35.3. The Labute approximate surface area is 196 Å². The van der Waals surface area contributed by atoms with Gasteiger partial charge in [0.1, 0.15) is 5.58 Å². The second kappa shape index (κ2) is 7.80. The van der Waals surface area contributed by atoms with Crippen LogP contribution in [0.5, 0.6) is 0 Å². The highest BCUT2D eigenvalue weighted by molar-refractivity contribution is 7.91. The van der Waals surface area contributed by atoms with Crippen LogP contribution in [0, 0.1) is 13.8 Å². The molecule has 0 spiro atoms. The molecule has 0 N–H and O–H groups in total. The Kier molecular flexibility index (Phi) is 5.12. The number of ether oxygens (including phenoxy) is 1. The molecule has 1 amide bonds. The van der Waals surface area contributed by atoms with Gasteiger partial charge in [-0.2, -0.15) is 0 Å². The smallest absolute Gasteiger partial charge is 0.337 e. The van der Waals surface area contributed by atoms with Crippen LogP contribution in [-0.2, 0) is 14.6 Å². The van der Waals surface area contributed by atoms with E-state index in [1.165, 1.54) is 12.0 Å². The third kappa shape index (κ3) is 3.42. The Hall–Kier alpha value is -3.46. The molecule has 3 aromatic rings. The van der Waals surface area contributed by atoms with Crippen LogP contribution in [0.1, 0.15) is 55.6 Å². The number of hydrogen-bond acceptors (Lipinski definition) is 7. The van der Waals surface area contributed by atoms with E-state index in [-0.39, 0.29) is 34.7 Å². The molecule has 1 fully saturated rings. The number of hydrogen-bond donors (Lipinski definition) is 0. The molecule has 0 aliphatic carbocycles. The van der Waals surface area contributed by atoms with Crippen molar-refractivity contribution in [1.29, 1.82) is 0 Å². The van der Waals surface area contributed by atoms with Gasteiger partial charge in [-0.25, -0.2) is 13.2 Å². The first-order valence-electron chi connectivity index (χ1n) is 10.9. The predicted molar refractivity (Wildman–Crippen MR) is 125 cm³/mol. The first kappa shape index (κ1) is 22.3. The van der Waals surface area contributed by atoms with Gasteiger partial charge in [-0.15, -0.1) is 0 Å². The van der Waals surface area contributed by atoms with Gasteiger partial charge < -0.3 is 14.1 Å². The fourth-order valence-electron chi connectivity index (χ4n) is 5.06. The molecule has 8 nitrogen and oxygen atoms in total. The number of methoxy groups -OCH3 is 1. The molecule has 2 aromatic carbocycles. The number of amides is 1. The van der Waals surface area contributed by atoms with E-state index in [1.807, 2.05) is 19.9 Å². The number of fused-ring (bicyclic) bond motifs is 2. The molecule has 2 aliphatic heterocycles. The van der Waals surface area contributed by atoms with Gasteiger partial charge >= 0.3 is 5.97 Å². The zero-order chi connectivity index (χ0) is 24.4. The third-order valence-corrected chi connectivity index (χ3v) is 8.34. The second-order valence-electron chi connectivity index (χ2n) is 8.92. The van der Waals surface area contributed by atoms with Crippen molar-refractivity contribution in [1.82, 2.24) is 4.90 Å². The first-order chi connectivity index (χ1) is 16.1. The number of nitrogens with zero attached hydrogens (tertiary/aromatic N) is 1. The molecule has 0 radical (unpaired) electrons. The largest absolute Gasteiger partial charge is 0.465 e. The average molecular weight is 482 g/mol. The molecule has 0 saturated carbocycles. The van der Waals surface area contributed by atoms with Crippen LogP contribution in [0.2, 0.25) is 0 Å². The molecule has 1 aromatic heterocycles. The highest BCUT2D eigenvalue weighted by Gasteiger charge is 2.48. The standard InChI is InChI=1S/C25H23NO7S/c1-13-10-14(2)22-18(11-13)21(27)19-20(15-4-6-16(7-5-15)25(29)32-3)26(24(28)23(19)33-22)17-8-9-34(30,31)12-17/h4-7,10-11,17,20H,8-9,12H2,1-3H3. The minimum absolute atomic E-state index is 0.0204. The molecule has 1 saturated heterocycles. The normalized spacial score (nSPS) is 21.1. The number of benzene rings is 2. The summed E-state index contributed by atoms with van der Waals surface area (Å²) in [5.41, 5.74) is 2.76. The van der Waals surface area contributed by atoms with Crippen LogP contribution in [0.4, 0.5) is 0 Å². The Bertz CT molecular complexity index is 1520. The lowest BCUT2D eigenvalue weighted by Gasteiger charge is -2.30. The molecular weight excluding hydrogens is 458 g/mol. The van der Waals surface area contributed by atoms with Crippen molar-refractivity contribution < 1.29 is 27.2 Å². The first-order valence-corrected chi connectivity index (χ1v) is 12.7. The van der Waals surface area contributed by atoms with Gasteiger partial charge in [-0.1, -0.05) is 18.2 Å². The fourth-order valence-corrected chi connectivity index (χ4v) is 6.77. The van der Waals surface area contributed by atoms with Gasteiger partial charge in [0.25, 0.3) is 5.91 Å². The zero-order valence-corrected chi connectivity index (χ0v) is 19.8. The van der Waals surface area contributed by atoms with Crippen molar-refractivity contribution in [3.63, 3.8) is 0 Å². The van der Waals surface area contributed by atoms with Gasteiger partial charge in [-0.3, -0.25) is 9.59 Å². The van der Waals surface area contributed by atoms with Crippen LogP contribution in [0.3, 0.4) is 0 Å². The van der Waals surface area contributed by atoms with Gasteiger partial charge in [0, 0.05) is 6.04 Å². The monoisotopic (exact) mass is 481 g/mol. The lowest BCUT2D eigenvalue weighted by Crippen LogP contribution is -2.40. The van der Waals surface area contributed by atoms with Crippen LogP contribution in [-0.4, -0.2) is 49.9 Å². The Morgan fingerprint density at radius 1 is 1.12 bits per heavy atom. The summed E-state index contributed by atoms with van der Waals surface area (Å²) in [5, 5.41) is 0.376. The van der Waals surface area contributed by atoms with Crippen LogP contribution in [0.25, 0.3) is 11.0 Å². The van der Waals surface area contributed by atoms with E-state index >= 15 is 0 Å². The molecular formula is C25H23NO7S. The van der Waals surface area contributed by atoms with E-state index < -0.39 is 33.8 Å². The maximum atomic E-state index is 13.7. The van der Waals surface area contributed by atoms with Crippen molar-refractivity contribution in [3.05, 3.63) is 80.2 Å². The Balaban J connectivity index is 1.74. The molecule has 176 valence electrons. The zero-order valence-electron chi connectivity index (χ0n) is 19.0. The molecule has 3 heterocycles. The van der Waals surface area contributed by atoms with Crippen molar-refractivity contribution in [3.8, 4) is 0 Å². The maximum absolute atomic E-state index is 13.7. The van der Waals surface area contributed by atoms with E-state index in [0.717, 1.165) is 11.1 Å². The summed E-state index contributed by atoms with van der Waals surface area (Å²) in [5.74, 6) is -1.26. The van der Waals surface area contributed by atoms with Crippen LogP contribution in [0.15, 0.2) is 45.6 Å². The lowest BCUT2D eigenvalue weighted by atomic mass is 9.96. The molecule has 2 atom stereocenters. The van der Waals surface area contributed by atoms with Gasteiger partial charge in [0.05, 0.1) is 41.2 Å². The van der Waals surface area contributed by atoms with E-state index in [4.69, 9.17) is 9.15 Å². The van der Waals surface area contributed by atoms with Gasteiger partial charge in [-0.05, 0) is 55.2 Å². The second-order valence-corrected chi connectivity index (χ2v) is 11.1. The number of sulfone groups is 1. The molecule has 2 unspecified atom stereocenters. The fraction of sp³-hybridized carbons (Fsp3) is 0.320. The highest BCUT2D eigenvalue weighted by Crippen LogP contribution is 2.41. The van der Waals surface area contributed by atoms with E-state index in [0.29, 0.717) is 22.1 Å². The van der Waals surface area contributed by atoms with Crippen molar-refractivity contribution >= 4 is 32.7 Å². The van der Waals surface area contributed by atoms with Gasteiger partial charge in [0.2, 0.25) is 5.76 Å². The number of aryl methyl sites for hydroxylation is 2. The quantitative estimate of drug-likeness (QED) is 0.529. The summed E-state index contributed by atoms with van der Waals surface area (Å²) in [6.45, 7) is 3.69. The molecule has 0 bridgehead atoms. The number of carbonyl (C=O) groups is 2. The third-order valence-electron chi connectivity index (χ3n) is 6.59. The summed E-state index contributed by atoms with van der Waals surface area (Å²) in [4.78, 5) is 40.7. The van der Waals surface area contributed by atoms with E-state index in [1.54, 1.807) is 30.3 Å². The number of rotatable bonds is 3. The van der Waals surface area contributed by atoms with Gasteiger partial charge in [0.15, 0.2) is 15.3 Å². The molecule has 34 heavy (non-hydrogen) atoms. The minimum Gasteiger partial charge on any atom is -0.465 e. The molecule has 5 rings (SSSR count). The molecule has 9 heteroatoms. The summed E-state index contributed by atoms with van der Waals surface area (Å²) in [6.07, 6.45) is 0.282. The number of esters is 1. The summed E-state index contributed by atoms with van der Waals surface area (Å²) >= 11 is 0. The SMILES string of the molecule is COC(=O)c1ccc(C2c3c(oc4c(C)cc(C)cc4c3=O)C(=O)N2C2CCS(=O)(=O)C2)cc1. The van der Waals surface area contributed by atoms with E-state index in [2.05, 4.69) is 0 Å². The number of carbonyl (C=O) groups excluding carboxylic acids is 2. The maximum Gasteiger partial charge on any atom is 0.337 e. The highest BCUT2D eigenvalue weighted by atomic mass is 32.2.